The molecule has 0 amide bonds. The smallest absolute Gasteiger partial charge is 0.224 e. The van der Waals surface area contributed by atoms with Crippen molar-refractivity contribution in [1.29, 1.82) is 0 Å². The van der Waals surface area contributed by atoms with Crippen molar-refractivity contribution >= 4 is 23.2 Å². The Labute approximate surface area is 101 Å². The number of anilines is 2. The van der Waals surface area contributed by atoms with Gasteiger partial charge in [-0.05, 0) is 24.1 Å². The monoisotopic (exact) mass is 253 g/mol. The molecule has 0 bridgehead atoms. The van der Waals surface area contributed by atoms with Gasteiger partial charge in [-0.2, -0.15) is 5.10 Å². The first-order valence-electron chi connectivity index (χ1n) is 5.17. The summed E-state index contributed by atoms with van der Waals surface area (Å²) in [5, 5.41) is 9.96. The number of H-pyrrole nitrogens is 1. The summed E-state index contributed by atoms with van der Waals surface area (Å²) in [6, 6.07) is 3.45. The molecule has 0 aliphatic heterocycles. The minimum absolute atomic E-state index is 0.0352. The van der Waals surface area contributed by atoms with Crippen LogP contribution in [0.2, 0.25) is 5.28 Å². The van der Waals surface area contributed by atoms with E-state index >= 15 is 0 Å². The Kier molecular flexibility index (Phi) is 2.44. The fraction of sp³-hybridized carbons (Fsp3) is 0.300. The molecule has 2 aromatic rings. The van der Waals surface area contributed by atoms with E-state index in [0.717, 1.165) is 5.69 Å². The maximum Gasteiger partial charge on any atom is 0.224 e. The van der Waals surface area contributed by atoms with Crippen molar-refractivity contribution in [2.75, 3.05) is 5.32 Å². The molecule has 2 atom stereocenters. The summed E-state index contributed by atoms with van der Waals surface area (Å²) >= 11 is 5.66. The van der Waals surface area contributed by atoms with Crippen molar-refractivity contribution in [2.24, 2.45) is 0 Å². The van der Waals surface area contributed by atoms with Crippen LogP contribution in [-0.2, 0) is 0 Å². The van der Waals surface area contributed by atoms with Gasteiger partial charge in [-0.3, -0.25) is 5.10 Å². The second-order valence-corrected chi connectivity index (χ2v) is 4.24. The largest absolute Gasteiger partial charge is 0.323 e. The molecule has 3 rings (SSSR count). The highest BCUT2D eigenvalue weighted by molar-refractivity contribution is 6.28. The lowest BCUT2D eigenvalue weighted by molar-refractivity contribution is 0.466. The molecule has 7 heteroatoms. The molecule has 17 heavy (non-hydrogen) atoms. The van der Waals surface area contributed by atoms with Crippen LogP contribution in [0.5, 0.6) is 0 Å². The van der Waals surface area contributed by atoms with E-state index in [2.05, 4.69) is 25.5 Å². The Morgan fingerprint density at radius 2 is 2.29 bits per heavy atom. The normalized spacial score (nSPS) is 22.5. The third kappa shape index (κ3) is 2.21. The number of aromatic nitrogens is 4. The lowest BCUT2D eigenvalue weighted by Gasteiger charge is -2.00. The van der Waals surface area contributed by atoms with Crippen LogP contribution in [0.1, 0.15) is 18.0 Å². The number of alkyl halides is 1. The van der Waals surface area contributed by atoms with Crippen molar-refractivity contribution in [2.45, 2.75) is 18.5 Å². The average molecular weight is 254 g/mol. The minimum atomic E-state index is -0.739. The van der Waals surface area contributed by atoms with E-state index in [-0.39, 0.29) is 11.2 Å². The second kappa shape index (κ2) is 3.96. The molecule has 1 saturated carbocycles. The number of halogens is 2. The van der Waals surface area contributed by atoms with E-state index in [4.69, 9.17) is 11.6 Å². The van der Waals surface area contributed by atoms with Gasteiger partial charge in [0.15, 0.2) is 5.82 Å². The van der Waals surface area contributed by atoms with E-state index in [0.29, 0.717) is 18.1 Å². The van der Waals surface area contributed by atoms with Crippen LogP contribution in [-0.4, -0.2) is 26.3 Å². The zero-order valence-electron chi connectivity index (χ0n) is 8.69. The number of hydrogen-bond acceptors (Lipinski definition) is 4. The highest BCUT2D eigenvalue weighted by Gasteiger charge is 2.40. The topological polar surface area (TPSA) is 66.5 Å². The summed E-state index contributed by atoms with van der Waals surface area (Å²) in [6.45, 7) is 0. The van der Waals surface area contributed by atoms with E-state index < -0.39 is 6.17 Å². The molecule has 2 N–H and O–H groups in total. The first kappa shape index (κ1) is 10.5. The molecule has 88 valence electrons. The Morgan fingerprint density at radius 3 is 3.00 bits per heavy atom. The summed E-state index contributed by atoms with van der Waals surface area (Å²) in [4.78, 5) is 7.74. The van der Waals surface area contributed by atoms with Crippen LogP contribution in [0.15, 0.2) is 18.3 Å². The predicted molar refractivity (Wildman–Crippen MR) is 61.2 cm³/mol. The summed E-state index contributed by atoms with van der Waals surface area (Å²) in [5.74, 6) is 1.11. The number of rotatable bonds is 3. The first-order valence-corrected chi connectivity index (χ1v) is 5.55. The molecular formula is C10H9ClFN5. The van der Waals surface area contributed by atoms with Crippen molar-refractivity contribution in [3.63, 3.8) is 0 Å². The third-order valence-electron chi connectivity index (χ3n) is 2.59. The van der Waals surface area contributed by atoms with Crippen LogP contribution < -0.4 is 5.32 Å². The van der Waals surface area contributed by atoms with E-state index in [1.807, 2.05) is 0 Å². The molecule has 5 nitrogen and oxygen atoms in total. The highest BCUT2D eigenvalue weighted by atomic mass is 35.5. The first-order chi connectivity index (χ1) is 8.22. The van der Waals surface area contributed by atoms with E-state index in [1.165, 1.54) is 0 Å². The van der Waals surface area contributed by atoms with E-state index in [1.54, 1.807) is 18.3 Å². The van der Waals surface area contributed by atoms with Crippen LogP contribution >= 0.6 is 11.6 Å². The number of nitrogens with zero attached hydrogens (tertiary/aromatic N) is 3. The Bertz CT molecular complexity index is 543. The fourth-order valence-corrected chi connectivity index (χ4v) is 1.76. The van der Waals surface area contributed by atoms with E-state index in [9.17, 15) is 4.39 Å². The van der Waals surface area contributed by atoms with Gasteiger partial charge in [-0.1, -0.05) is 0 Å². The van der Waals surface area contributed by atoms with Gasteiger partial charge in [-0.25, -0.2) is 14.4 Å². The van der Waals surface area contributed by atoms with Gasteiger partial charge >= 0.3 is 0 Å². The second-order valence-electron chi connectivity index (χ2n) is 3.90. The van der Waals surface area contributed by atoms with Crippen molar-refractivity contribution in [3.8, 4) is 0 Å². The molecule has 0 radical (unpaired) electrons. The van der Waals surface area contributed by atoms with Gasteiger partial charge in [-0.15, -0.1) is 0 Å². The van der Waals surface area contributed by atoms with Crippen LogP contribution in [0.25, 0.3) is 0 Å². The zero-order chi connectivity index (χ0) is 11.8. The zero-order valence-corrected chi connectivity index (χ0v) is 9.45. The number of hydrogen-bond donors (Lipinski definition) is 2. The van der Waals surface area contributed by atoms with Gasteiger partial charge in [0.25, 0.3) is 0 Å². The Balaban J connectivity index is 1.75. The minimum Gasteiger partial charge on any atom is -0.323 e. The van der Waals surface area contributed by atoms with Gasteiger partial charge < -0.3 is 5.32 Å². The van der Waals surface area contributed by atoms with Crippen molar-refractivity contribution in [3.05, 3.63) is 29.3 Å². The lowest BCUT2D eigenvalue weighted by Crippen LogP contribution is -1.94. The molecule has 2 heterocycles. The van der Waals surface area contributed by atoms with Crippen molar-refractivity contribution in [1.82, 2.24) is 20.2 Å². The fourth-order valence-electron chi connectivity index (χ4n) is 1.61. The average Bonchev–Trinajstić information content (AvgIpc) is 2.85. The molecule has 0 spiro atoms. The quantitative estimate of drug-likeness (QED) is 0.825. The van der Waals surface area contributed by atoms with Gasteiger partial charge in [0.05, 0.1) is 0 Å². The standard InChI is InChI=1S/C10H9ClFN5/c11-10-13-2-1-8(15-10)14-9-4-7(16-17-9)5-3-6(5)12/h1-2,4-6H,3H2,(H2,13,14,15,16,17)/t5-,6-/m0/s1. The third-order valence-corrected chi connectivity index (χ3v) is 2.77. The summed E-state index contributed by atoms with van der Waals surface area (Å²) in [6.07, 6.45) is 1.38. The summed E-state index contributed by atoms with van der Waals surface area (Å²) in [5.41, 5.74) is 0.806. The Hall–Kier alpha value is -1.69. The van der Waals surface area contributed by atoms with Crippen LogP contribution in [0.3, 0.4) is 0 Å². The molecule has 0 aromatic carbocycles. The molecule has 1 aliphatic carbocycles. The van der Waals surface area contributed by atoms with Crippen LogP contribution in [0.4, 0.5) is 16.0 Å². The van der Waals surface area contributed by atoms with Gasteiger partial charge in [0.2, 0.25) is 5.28 Å². The van der Waals surface area contributed by atoms with Gasteiger partial charge in [0.1, 0.15) is 12.0 Å². The molecule has 0 unspecified atom stereocenters. The maximum atomic E-state index is 12.8. The predicted octanol–water partition coefficient (Wildman–Crippen LogP) is 2.42. The van der Waals surface area contributed by atoms with Crippen molar-refractivity contribution < 1.29 is 4.39 Å². The lowest BCUT2D eigenvalue weighted by atomic mass is 10.3. The SMILES string of the molecule is F[C@H]1C[C@@H]1c1cc(Nc2ccnc(Cl)n2)n[nH]1. The van der Waals surface area contributed by atoms with Gasteiger partial charge in [0, 0.05) is 23.9 Å². The summed E-state index contributed by atoms with van der Waals surface area (Å²) in [7, 11) is 0. The Morgan fingerprint density at radius 1 is 1.47 bits per heavy atom. The molecule has 1 fully saturated rings. The molecule has 2 aromatic heterocycles. The molecule has 0 saturated heterocycles. The van der Waals surface area contributed by atoms with Crippen LogP contribution in [0, 0.1) is 0 Å². The molecular weight excluding hydrogens is 245 g/mol. The number of nitrogens with one attached hydrogen (secondary N) is 2. The molecule has 1 aliphatic rings. The summed E-state index contributed by atoms with van der Waals surface area (Å²) < 4.78 is 12.8. The maximum absolute atomic E-state index is 12.8. The number of aromatic amines is 1. The highest BCUT2D eigenvalue weighted by Crippen LogP contribution is 2.43.